The third-order valence-electron chi connectivity index (χ3n) is 2.46. The molecule has 0 saturated heterocycles. The summed E-state index contributed by atoms with van der Waals surface area (Å²) in [4.78, 5) is 0. The lowest BCUT2D eigenvalue weighted by atomic mass is 10.2. The van der Waals surface area contributed by atoms with Gasteiger partial charge in [-0.05, 0) is 48.6 Å². The monoisotopic (exact) mass is 341 g/mol. The maximum absolute atomic E-state index is 12.8. The van der Waals surface area contributed by atoms with Crippen LogP contribution in [0.3, 0.4) is 0 Å². The van der Waals surface area contributed by atoms with E-state index < -0.39 is 0 Å². The fourth-order valence-electron chi connectivity index (χ4n) is 1.48. The molecule has 2 aromatic rings. The predicted molar refractivity (Wildman–Crippen MR) is 89.8 cm³/mol. The Hall–Kier alpha value is -1.69. The second kappa shape index (κ2) is 7.36. The summed E-state index contributed by atoms with van der Waals surface area (Å²) < 4.78 is 12.8. The molecule has 2 rings (SSSR count). The van der Waals surface area contributed by atoms with E-state index >= 15 is 0 Å². The van der Waals surface area contributed by atoms with Gasteiger partial charge in [0.2, 0.25) is 0 Å². The fraction of sp³-hybridized carbons (Fsp3) is 0. The number of hydrogen-bond donors (Lipinski definition) is 2. The van der Waals surface area contributed by atoms with Crippen LogP contribution >= 0.6 is 35.4 Å². The molecule has 2 N–H and O–H groups in total. The minimum atomic E-state index is -0.314. The van der Waals surface area contributed by atoms with Crippen molar-refractivity contribution in [3.8, 4) is 0 Å². The van der Waals surface area contributed by atoms with Crippen molar-refractivity contribution in [2.24, 2.45) is 5.10 Å². The van der Waals surface area contributed by atoms with Crippen LogP contribution in [0.2, 0.25) is 10.0 Å². The van der Waals surface area contributed by atoms with Crippen LogP contribution in [0.1, 0.15) is 5.56 Å². The normalized spacial score (nSPS) is 10.6. The SMILES string of the molecule is Fc1ccc(NC(=S)NN=Cc2c(Cl)cccc2Cl)cc1. The highest BCUT2D eigenvalue weighted by Gasteiger charge is 2.02. The van der Waals surface area contributed by atoms with Crippen molar-refractivity contribution in [2.45, 2.75) is 0 Å². The molecule has 0 saturated carbocycles. The van der Waals surface area contributed by atoms with Crippen molar-refractivity contribution in [1.82, 2.24) is 5.43 Å². The zero-order valence-corrected chi connectivity index (χ0v) is 12.9. The van der Waals surface area contributed by atoms with Gasteiger partial charge < -0.3 is 5.32 Å². The number of hydrazone groups is 1. The van der Waals surface area contributed by atoms with Crippen LogP contribution in [-0.2, 0) is 0 Å². The second-order valence-electron chi connectivity index (χ2n) is 3.97. The van der Waals surface area contributed by atoms with Crippen molar-refractivity contribution >= 4 is 52.4 Å². The average Bonchev–Trinajstić information content (AvgIpc) is 2.45. The molecule has 0 aliphatic rings. The van der Waals surface area contributed by atoms with Gasteiger partial charge in [-0.1, -0.05) is 29.3 Å². The average molecular weight is 342 g/mol. The Labute approximate surface area is 136 Å². The maximum Gasteiger partial charge on any atom is 0.191 e. The van der Waals surface area contributed by atoms with E-state index in [9.17, 15) is 4.39 Å². The molecule has 0 heterocycles. The maximum atomic E-state index is 12.8. The van der Waals surface area contributed by atoms with Crippen molar-refractivity contribution in [1.29, 1.82) is 0 Å². The summed E-state index contributed by atoms with van der Waals surface area (Å²) in [5, 5.41) is 8.06. The van der Waals surface area contributed by atoms with Gasteiger partial charge >= 0.3 is 0 Å². The van der Waals surface area contributed by atoms with Crippen LogP contribution in [0.25, 0.3) is 0 Å². The number of benzene rings is 2. The highest BCUT2D eigenvalue weighted by atomic mass is 35.5. The molecule has 0 aliphatic heterocycles. The van der Waals surface area contributed by atoms with Crippen LogP contribution in [-0.4, -0.2) is 11.3 Å². The van der Waals surface area contributed by atoms with E-state index in [0.29, 0.717) is 21.3 Å². The Balaban J connectivity index is 1.95. The summed E-state index contributed by atoms with van der Waals surface area (Å²) in [5.41, 5.74) is 3.88. The molecular formula is C14H10Cl2FN3S. The Morgan fingerprint density at radius 3 is 2.33 bits per heavy atom. The summed E-state index contributed by atoms with van der Waals surface area (Å²) in [6.07, 6.45) is 1.48. The lowest BCUT2D eigenvalue weighted by Gasteiger charge is -2.07. The van der Waals surface area contributed by atoms with Gasteiger partial charge in [0.25, 0.3) is 0 Å². The lowest BCUT2D eigenvalue weighted by molar-refractivity contribution is 0.628. The zero-order valence-electron chi connectivity index (χ0n) is 10.6. The standard InChI is InChI=1S/C14H10Cl2FN3S/c15-12-2-1-3-13(16)11(12)8-18-20-14(21)19-10-6-4-9(17)5-7-10/h1-8H,(H2,19,20,21). The minimum Gasteiger partial charge on any atom is -0.331 e. The van der Waals surface area contributed by atoms with Crippen LogP contribution < -0.4 is 10.7 Å². The fourth-order valence-corrected chi connectivity index (χ4v) is 2.15. The van der Waals surface area contributed by atoms with Crippen molar-refractivity contribution in [3.05, 3.63) is 63.9 Å². The molecule has 0 bridgehead atoms. The van der Waals surface area contributed by atoms with E-state index in [-0.39, 0.29) is 10.9 Å². The number of nitrogens with zero attached hydrogens (tertiary/aromatic N) is 1. The smallest absolute Gasteiger partial charge is 0.191 e. The minimum absolute atomic E-state index is 0.265. The number of hydrogen-bond acceptors (Lipinski definition) is 2. The van der Waals surface area contributed by atoms with E-state index in [1.54, 1.807) is 30.3 Å². The molecule has 0 radical (unpaired) electrons. The van der Waals surface area contributed by atoms with Crippen molar-refractivity contribution in [3.63, 3.8) is 0 Å². The first-order chi connectivity index (χ1) is 10.1. The first-order valence-electron chi connectivity index (χ1n) is 5.86. The van der Waals surface area contributed by atoms with Gasteiger partial charge in [-0.3, -0.25) is 5.43 Å². The topological polar surface area (TPSA) is 36.4 Å². The Morgan fingerprint density at radius 2 is 1.71 bits per heavy atom. The number of thiocarbonyl (C=S) groups is 1. The van der Waals surface area contributed by atoms with Crippen LogP contribution in [0.15, 0.2) is 47.6 Å². The summed E-state index contributed by atoms with van der Waals surface area (Å²) in [6, 6.07) is 11.0. The van der Waals surface area contributed by atoms with Crippen molar-refractivity contribution in [2.75, 3.05) is 5.32 Å². The molecule has 21 heavy (non-hydrogen) atoms. The van der Waals surface area contributed by atoms with E-state index in [2.05, 4.69) is 15.8 Å². The molecule has 0 spiro atoms. The molecule has 3 nitrogen and oxygen atoms in total. The summed E-state index contributed by atoms with van der Waals surface area (Å²) in [6.45, 7) is 0. The van der Waals surface area contributed by atoms with Crippen LogP contribution in [0.5, 0.6) is 0 Å². The molecule has 0 amide bonds. The first kappa shape index (κ1) is 15.7. The largest absolute Gasteiger partial charge is 0.331 e. The molecule has 0 aromatic heterocycles. The molecule has 108 valence electrons. The van der Waals surface area contributed by atoms with Gasteiger partial charge in [-0.2, -0.15) is 5.10 Å². The van der Waals surface area contributed by atoms with Gasteiger partial charge in [0, 0.05) is 11.3 Å². The third kappa shape index (κ3) is 4.67. The highest BCUT2D eigenvalue weighted by molar-refractivity contribution is 7.80. The molecule has 0 atom stereocenters. The number of rotatable bonds is 3. The summed E-state index contributed by atoms with van der Waals surface area (Å²) in [5.74, 6) is -0.314. The van der Waals surface area contributed by atoms with E-state index in [4.69, 9.17) is 35.4 Å². The van der Waals surface area contributed by atoms with Gasteiger partial charge in [0.1, 0.15) is 5.82 Å². The Bertz CT molecular complexity index is 654. The second-order valence-corrected chi connectivity index (χ2v) is 5.19. The van der Waals surface area contributed by atoms with Crippen molar-refractivity contribution < 1.29 is 4.39 Å². The third-order valence-corrected chi connectivity index (χ3v) is 3.31. The summed E-state index contributed by atoms with van der Waals surface area (Å²) in [7, 11) is 0. The number of anilines is 1. The van der Waals surface area contributed by atoms with Crippen LogP contribution in [0.4, 0.5) is 10.1 Å². The molecular weight excluding hydrogens is 332 g/mol. The molecule has 0 fully saturated rings. The van der Waals surface area contributed by atoms with Gasteiger partial charge in [0.05, 0.1) is 16.3 Å². The molecule has 0 unspecified atom stereocenters. The van der Waals surface area contributed by atoms with E-state index in [1.807, 2.05) is 0 Å². The van der Waals surface area contributed by atoms with Gasteiger partial charge in [0.15, 0.2) is 5.11 Å². The van der Waals surface area contributed by atoms with Gasteiger partial charge in [-0.25, -0.2) is 4.39 Å². The highest BCUT2D eigenvalue weighted by Crippen LogP contribution is 2.21. The lowest BCUT2D eigenvalue weighted by Crippen LogP contribution is -2.23. The number of halogens is 3. The van der Waals surface area contributed by atoms with E-state index in [0.717, 1.165) is 0 Å². The zero-order chi connectivity index (χ0) is 15.2. The van der Waals surface area contributed by atoms with E-state index in [1.165, 1.54) is 18.3 Å². The molecule has 2 aromatic carbocycles. The first-order valence-corrected chi connectivity index (χ1v) is 7.02. The quantitative estimate of drug-likeness (QED) is 0.491. The Kier molecular flexibility index (Phi) is 5.50. The number of nitrogens with one attached hydrogen (secondary N) is 2. The molecule has 7 heteroatoms. The van der Waals surface area contributed by atoms with Crippen LogP contribution in [0, 0.1) is 5.82 Å². The van der Waals surface area contributed by atoms with Gasteiger partial charge in [-0.15, -0.1) is 0 Å². The molecule has 0 aliphatic carbocycles. The summed E-state index contributed by atoms with van der Waals surface area (Å²) >= 11 is 17.1. The Morgan fingerprint density at radius 1 is 1.10 bits per heavy atom. The predicted octanol–water partition coefficient (Wildman–Crippen LogP) is 4.45.